The molecule has 0 radical (unpaired) electrons. The maximum Gasteiger partial charge on any atom is 0.0700 e. The van der Waals surface area contributed by atoms with Crippen LogP contribution >= 0.6 is 0 Å². The minimum atomic E-state index is -0.441. The third kappa shape index (κ3) is 12.8. The Morgan fingerprint density at radius 3 is 1.18 bits per heavy atom. The first-order valence-electron chi connectivity index (χ1n) is 33.3. The highest BCUT2D eigenvalue weighted by Crippen LogP contribution is 2.58. The van der Waals surface area contributed by atoms with E-state index in [0.717, 1.165) is 76.2 Å². The van der Waals surface area contributed by atoms with Gasteiger partial charge in [-0.1, -0.05) is 163 Å². The fourth-order valence-electron chi connectivity index (χ4n) is 14.8. The molecule has 0 unspecified atom stereocenters. The molecule has 10 nitrogen and oxygen atoms in total. The van der Waals surface area contributed by atoms with Gasteiger partial charge in [-0.25, -0.2) is 0 Å². The molecule has 0 amide bonds. The van der Waals surface area contributed by atoms with Gasteiger partial charge in [0.25, 0.3) is 0 Å². The third-order valence-corrected chi connectivity index (χ3v) is 19.5. The van der Waals surface area contributed by atoms with Crippen molar-refractivity contribution in [3.05, 3.63) is 252 Å². The van der Waals surface area contributed by atoms with E-state index in [1.165, 1.54) is 83.1 Å². The van der Waals surface area contributed by atoms with Crippen molar-refractivity contribution in [2.75, 3.05) is 113 Å². The van der Waals surface area contributed by atoms with E-state index in [0.29, 0.717) is 79.3 Å². The Labute approximate surface area is 554 Å². The Bertz CT molecular complexity index is 4220. The highest BCUT2D eigenvalue weighted by Gasteiger charge is 2.45. The maximum atomic E-state index is 6.43. The summed E-state index contributed by atoms with van der Waals surface area (Å²) in [5, 5.41) is 2.40. The van der Waals surface area contributed by atoms with Crippen LogP contribution in [0.5, 0.6) is 0 Å². The van der Waals surface area contributed by atoms with Crippen LogP contribution in [0.2, 0.25) is 0 Å². The molecule has 0 saturated carbocycles. The number of anilines is 3. The molecular weight excluding hydrogens is 1160 g/mol. The molecule has 2 aliphatic rings. The molecule has 11 aromatic rings. The number of fused-ring (bicyclic) bond motifs is 9. The fourth-order valence-corrected chi connectivity index (χ4v) is 14.8. The average molecular weight is 1250 g/mol. The molecular formula is C84H86N2O8. The van der Waals surface area contributed by atoms with Crippen molar-refractivity contribution >= 4 is 38.9 Å². The van der Waals surface area contributed by atoms with E-state index in [9.17, 15) is 0 Å². The fraction of sp³-hybridized carbons (Fsp3) is 0.286. The van der Waals surface area contributed by atoms with Gasteiger partial charge in [-0.3, -0.25) is 0 Å². The molecule has 2 aliphatic carbocycles. The van der Waals surface area contributed by atoms with Crippen molar-refractivity contribution in [3.63, 3.8) is 0 Å². The Balaban J connectivity index is 1.00. The molecule has 0 fully saturated rings. The minimum absolute atomic E-state index is 0.441. The molecule has 1 heterocycles. The SMILES string of the molecule is COCCOCCC1(CCOCCOC)c2cc(C)ccc2-c2ccc(N(c3ccc(-c4ccc5c(c4)c4ccccc4n5-c4ccc(-c5ccccc5)cc4)c(-c4ccccc4)c3)c3ccc4c(c3)C(CCOCCOC)(CCOCCOC)c3cc(C)ccc3-4)cc21. The number of rotatable bonds is 31. The monoisotopic (exact) mass is 1250 g/mol. The maximum absolute atomic E-state index is 6.43. The number of hydrogen-bond acceptors (Lipinski definition) is 9. The summed E-state index contributed by atoms with van der Waals surface area (Å²) in [5.74, 6) is 0. The lowest BCUT2D eigenvalue weighted by Gasteiger charge is -2.35. The normalized spacial score (nSPS) is 13.3. The summed E-state index contributed by atoms with van der Waals surface area (Å²) in [5.41, 5.74) is 25.2. The molecule has 13 rings (SSSR count). The highest BCUT2D eigenvalue weighted by molar-refractivity contribution is 6.11. The molecule has 0 atom stereocenters. The minimum Gasteiger partial charge on any atom is -0.382 e. The van der Waals surface area contributed by atoms with Crippen LogP contribution in [0, 0.1) is 13.8 Å². The lowest BCUT2D eigenvalue weighted by atomic mass is 9.72. The van der Waals surface area contributed by atoms with E-state index in [1.54, 1.807) is 28.4 Å². The zero-order valence-electron chi connectivity index (χ0n) is 55.3. The Morgan fingerprint density at radius 1 is 0.298 bits per heavy atom. The van der Waals surface area contributed by atoms with Gasteiger partial charge >= 0.3 is 0 Å². The smallest absolute Gasteiger partial charge is 0.0700 e. The zero-order valence-corrected chi connectivity index (χ0v) is 55.3. The van der Waals surface area contributed by atoms with E-state index in [4.69, 9.17) is 37.9 Å². The summed E-state index contributed by atoms with van der Waals surface area (Å²) in [4.78, 5) is 2.50. The molecule has 0 spiro atoms. The first kappa shape index (κ1) is 64.2. The van der Waals surface area contributed by atoms with Crippen LogP contribution < -0.4 is 4.90 Å². The molecule has 0 saturated heterocycles. The number of aryl methyl sites for hydroxylation is 2. The van der Waals surface area contributed by atoms with E-state index >= 15 is 0 Å². The molecule has 0 N–H and O–H groups in total. The topological polar surface area (TPSA) is 82.0 Å². The second-order valence-electron chi connectivity index (χ2n) is 25.1. The van der Waals surface area contributed by atoms with Gasteiger partial charge in [-0.15, -0.1) is 0 Å². The molecule has 10 heteroatoms. The number of nitrogens with zero attached hydrogens (tertiary/aromatic N) is 2. The van der Waals surface area contributed by atoms with Crippen LogP contribution in [0.15, 0.2) is 218 Å². The predicted molar refractivity (Wildman–Crippen MR) is 383 cm³/mol. The van der Waals surface area contributed by atoms with Gasteiger partial charge in [0, 0.05) is 99.2 Å². The van der Waals surface area contributed by atoms with Crippen molar-refractivity contribution in [2.45, 2.75) is 50.4 Å². The number of aromatic nitrogens is 1. The van der Waals surface area contributed by atoms with Gasteiger partial charge in [0.05, 0.1) is 63.9 Å². The number of hydrogen-bond donors (Lipinski definition) is 0. The summed E-state index contributed by atoms with van der Waals surface area (Å²) < 4.78 is 50.0. The van der Waals surface area contributed by atoms with Gasteiger partial charge in [0.1, 0.15) is 0 Å². The Kier molecular flexibility index (Phi) is 20.1. The van der Waals surface area contributed by atoms with Gasteiger partial charge in [-0.2, -0.15) is 0 Å². The van der Waals surface area contributed by atoms with E-state index in [1.807, 2.05) is 0 Å². The average Bonchev–Trinajstić information content (AvgIpc) is 1.56. The first-order chi connectivity index (χ1) is 46.3. The van der Waals surface area contributed by atoms with Crippen molar-refractivity contribution in [2.24, 2.45) is 0 Å². The third-order valence-electron chi connectivity index (χ3n) is 19.5. The molecule has 0 aliphatic heterocycles. The van der Waals surface area contributed by atoms with Crippen LogP contribution in [0.4, 0.5) is 17.1 Å². The lowest BCUT2D eigenvalue weighted by Crippen LogP contribution is -2.30. The molecule has 480 valence electrons. The van der Waals surface area contributed by atoms with Crippen LogP contribution in [-0.2, 0) is 48.7 Å². The standard InChI is InChI=1S/C84H86N2O8/c1-59-21-31-70-72-34-29-67(57-79(72)83(77(70)53-59,37-41-91-49-45-87-3)38-42-92-50-46-88-4)85(68-30-35-73-71-32-22-60(2)54-78(71)84(80(73)58-68,39-43-93-51-47-89-5)40-44-94-52-48-90-6)66-28-33-69(75(56-66)63-17-11-8-12-18-63)64-25-36-82-76(55-64)74-19-13-14-20-81(74)86(82)65-26-23-62(24-27-65)61-15-9-7-10-16-61/h7-36,53-58H,37-52H2,1-6H3. The number of methoxy groups -OCH3 is 4. The number of benzene rings is 10. The van der Waals surface area contributed by atoms with Crippen molar-refractivity contribution in [3.8, 4) is 61.3 Å². The van der Waals surface area contributed by atoms with Crippen LogP contribution in [0.25, 0.3) is 83.1 Å². The molecule has 94 heavy (non-hydrogen) atoms. The Morgan fingerprint density at radius 2 is 0.691 bits per heavy atom. The van der Waals surface area contributed by atoms with Crippen molar-refractivity contribution < 1.29 is 37.9 Å². The molecule has 1 aromatic heterocycles. The Hall–Kier alpha value is -8.52. The van der Waals surface area contributed by atoms with Crippen molar-refractivity contribution in [1.29, 1.82) is 0 Å². The summed E-state index contributed by atoms with van der Waals surface area (Å²) in [6, 6.07) is 81.7. The second-order valence-corrected chi connectivity index (χ2v) is 25.1. The van der Waals surface area contributed by atoms with Gasteiger partial charge < -0.3 is 47.4 Å². The van der Waals surface area contributed by atoms with Crippen LogP contribution in [0.1, 0.15) is 59.1 Å². The summed E-state index contributed by atoms with van der Waals surface area (Å²) in [7, 11) is 6.90. The first-order valence-corrected chi connectivity index (χ1v) is 33.3. The summed E-state index contributed by atoms with van der Waals surface area (Å²) in [6.45, 7) is 10.8. The van der Waals surface area contributed by atoms with Crippen LogP contribution in [0.3, 0.4) is 0 Å². The predicted octanol–water partition coefficient (Wildman–Crippen LogP) is 18.6. The second kappa shape index (κ2) is 29.4. The quantitative estimate of drug-likeness (QED) is 0.0395. The molecule has 10 aromatic carbocycles. The van der Waals surface area contributed by atoms with E-state index in [-0.39, 0.29) is 0 Å². The van der Waals surface area contributed by atoms with E-state index < -0.39 is 10.8 Å². The highest BCUT2D eigenvalue weighted by atomic mass is 16.5. The van der Waals surface area contributed by atoms with Crippen LogP contribution in [-0.4, -0.2) is 112 Å². The van der Waals surface area contributed by atoms with Gasteiger partial charge in [-0.05, 0) is 184 Å². The van der Waals surface area contributed by atoms with Gasteiger partial charge in [0.15, 0.2) is 0 Å². The number of para-hydroxylation sites is 1. The summed E-state index contributed by atoms with van der Waals surface area (Å²) >= 11 is 0. The van der Waals surface area contributed by atoms with E-state index in [2.05, 4.69) is 242 Å². The lowest BCUT2D eigenvalue weighted by molar-refractivity contribution is 0.0490. The van der Waals surface area contributed by atoms with Crippen molar-refractivity contribution in [1.82, 2.24) is 4.57 Å². The zero-order chi connectivity index (χ0) is 64.4. The largest absolute Gasteiger partial charge is 0.382 e. The summed E-state index contributed by atoms with van der Waals surface area (Å²) in [6.07, 6.45) is 3.02. The molecule has 0 bridgehead atoms. The number of ether oxygens (including phenoxy) is 8. The van der Waals surface area contributed by atoms with Gasteiger partial charge in [0.2, 0.25) is 0 Å².